The Kier molecular flexibility index (Phi) is 5.77. The van der Waals surface area contributed by atoms with Crippen molar-refractivity contribution in [3.05, 3.63) is 58.0 Å². The average Bonchev–Trinajstić information content (AvgIpc) is 2.92. The Morgan fingerprint density at radius 2 is 1.63 bits per heavy atom. The van der Waals surface area contributed by atoms with Crippen molar-refractivity contribution in [1.82, 2.24) is 0 Å². The third-order valence-electron chi connectivity index (χ3n) is 4.09. The third kappa shape index (κ3) is 3.55. The standard InChI is InChI=1S/C20H18ClNO4S/c1-4-27-18-17(12-5-10-15(25-2)16(11-12)26-3)19(23)22(20(18)24)14-8-6-13(21)7-9-14/h5-11H,4H2,1-3H3. The fourth-order valence-electron chi connectivity index (χ4n) is 2.86. The topological polar surface area (TPSA) is 55.8 Å². The first kappa shape index (κ1) is 19.3. The molecule has 0 aromatic heterocycles. The van der Waals surface area contributed by atoms with Crippen LogP contribution in [0.4, 0.5) is 5.69 Å². The van der Waals surface area contributed by atoms with Gasteiger partial charge in [-0.15, -0.1) is 11.8 Å². The lowest BCUT2D eigenvalue weighted by molar-refractivity contribution is -0.119. The number of thioether (sulfide) groups is 1. The molecule has 0 aliphatic carbocycles. The van der Waals surface area contributed by atoms with Crippen molar-refractivity contribution in [2.24, 2.45) is 0 Å². The van der Waals surface area contributed by atoms with Crippen LogP contribution in [0.5, 0.6) is 11.5 Å². The summed E-state index contributed by atoms with van der Waals surface area (Å²) in [6, 6.07) is 11.8. The summed E-state index contributed by atoms with van der Waals surface area (Å²) in [5.74, 6) is 1.01. The number of hydrogen-bond donors (Lipinski definition) is 0. The number of nitrogens with zero attached hydrogens (tertiary/aromatic N) is 1. The van der Waals surface area contributed by atoms with Crippen molar-refractivity contribution in [2.45, 2.75) is 6.92 Å². The quantitative estimate of drug-likeness (QED) is 0.669. The molecule has 0 bridgehead atoms. The Morgan fingerprint density at radius 1 is 0.963 bits per heavy atom. The molecule has 7 heteroatoms. The fraction of sp³-hybridized carbons (Fsp3) is 0.200. The molecule has 0 saturated heterocycles. The molecular formula is C20H18ClNO4S. The van der Waals surface area contributed by atoms with Gasteiger partial charge in [-0.3, -0.25) is 9.59 Å². The van der Waals surface area contributed by atoms with Gasteiger partial charge in [0.2, 0.25) is 0 Å². The highest BCUT2D eigenvalue weighted by Crippen LogP contribution is 2.40. The predicted octanol–water partition coefficient (Wildman–Crippen LogP) is 4.39. The van der Waals surface area contributed by atoms with Crippen LogP contribution >= 0.6 is 23.4 Å². The summed E-state index contributed by atoms with van der Waals surface area (Å²) in [6.45, 7) is 1.94. The third-order valence-corrected chi connectivity index (χ3v) is 5.30. The first-order valence-corrected chi connectivity index (χ1v) is 9.62. The maximum atomic E-state index is 13.2. The lowest BCUT2D eigenvalue weighted by Gasteiger charge is -2.15. The molecule has 2 amide bonds. The summed E-state index contributed by atoms with van der Waals surface area (Å²) in [5.41, 5.74) is 1.46. The van der Waals surface area contributed by atoms with Gasteiger partial charge < -0.3 is 9.47 Å². The zero-order valence-corrected chi connectivity index (χ0v) is 16.7. The summed E-state index contributed by atoms with van der Waals surface area (Å²) in [7, 11) is 3.07. The summed E-state index contributed by atoms with van der Waals surface area (Å²) in [5, 5.41) is 0.536. The van der Waals surface area contributed by atoms with E-state index in [0.717, 1.165) is 0 Å². The van der Waals surface area contributed by atoms with Crippen LogP contribution in [-0.4, -0.2) is 31.8 Å². The first-order valence-electron chi connectivity index (χ1n) is 8.25. The molecule has 1 aliphatic heterocycles. The molecule has 2 aromatic rings. The first-order chi connectivity index (χ1) is 13.0. The minimum Gasteiger partial charge on any atom is -0.493 e. The van der Waals surface area contributed by atoms with Crippen LogP contribution in [0.3, 0.4) is 0 Å². The summed E-state index contributed by atoms with van der Waals surface area (Å²) in [4.78, 5) is 27.8. The van der Waals surface area contributed by atoms with Crippen LogP contribution < -0.4 is 14.4 Å². The Hall–Kier alpha value is -2.44. The van der Waals surface area contributed by atoms with E-state index in [1.165, 1.54) is 23.8 Å². The molecule has 27 heavy (non-hydrogen) atoms. The number of ether oxygens (including phenoxy) is 2. The number of halogens is 1. The molecule has 1 heterocycles. The van der Waals surface area contributed by atoms with Crippen LogP contribution in [0.1, 0.15) is 12.5 Å². The van der Waals surface area contributed by atoms with Gasteiger partial charge in [-0.1, -0.05) is 24.6 Å². The van der Waals surface area contributed by atoms with Crippen molar-refractivity contribution < 1.29 is 19.1 Å². The molecule has 0 radical (unpaired) electrons. The van der Waals surface area contributed by atoms with Crippen molar-refractivity contribution >= 4 is 46.4 Å². The molecule has 0 atom stereocenters. The van der Waals surface area contributed by atoms with Crippen LogP contribution in [0.2, 0.25) is 5.02 Å². The van der Waals surface area contributed by atoms with Gasteiger partial charge in [0.15, 0.2) is 11.5 Å². The molecule has 0 unspecified atom stereocenters. The summed E-state index contributed by atoms with van der Waals surface area (Å²) in [6.07, 6.45) is 0. The second kappa shape index (κ2) is 8.06. The van der Waals surface area contributed by atoms with E-state index in [1.807, 2.05) is 6.92 Å². The number of carbonyl (C=O) groups excluding carboxylic acids is 2. The Bertz CT molecular complexity index is 924. The van der Waals surface area contributed by atoms with E-state index in [1.54, 1.807) is 49.6 Å². The number of amides is 2. The van der Waals surface area contributed by atoms with E-state index in [4.69, 9.17) is 21.1 Å². The minimum atomic E-state index is -0.370. The second-order valence-electron chi connectivity index (χ2n) is 5.63. The largest absolute Gasteiger partial charge is 0.493 e. The Balaban J connectivity index is 2.10. The molecule has 0 N–H and O–H groups in total. The molecule has 0 spiro atoms. The highest BCUT2D eigenvalue weighted by molar-refractivity contribution is 8.04. The van der Waals surface area contributed by atoms with E-state index in [0.29, 0.717) is 44.0 Å². The smallest absolute Gasteiger partial charge is 0.272 e. The molecule has 140 valence electrons. The van der Waals surface area contributed by atoms with E-state index in [9.17, 15) is 9.59 Å². The van der Waals surface area contributed by atoms with Crippen LogP contribution in [0.15, 0.2) is 47.4 Å². The Morgan fingerprint density at radius 3 is 2.22 bits per heavy atom. The van der Waals surface area contributed by atoms with Gasteiger partial charge in [0.25, 0.3) is 11.8 Å². The van der Waals surface area contributed by atoms with Gasteiger partial charge in [0.05, 0.1) is 30.4 Å². The number of anilines is 1. The van der Waals surface area contributed by atoms with Crippen molar-refractivity contribution in [3.8, 4) is 11.5 Å². The van der Waals surface area contributed by atoms with E-state index in [2.05, 4.69) is 0 Å². The molecule has 2 aromatic carbocycles. The van der Waals surface area contributed by atoms with Crippen LogP contribution in [-0.2, 0) is 9.59 Å². The molecule has 3 rings (SSSR count). The highest BCUT2D eigenvalue weighted by atomic mass is 35.5. The Labute approximate surface area is 166 Å². The maximum absolute atomic E-state index is 13.2. The van der Waals surface area contributed by atoms with Crippen LogP contribution in [0, 0.1) is 0 Å². The summed E-state index contributed by atoms with van der Waals surface area (Å²) >= 11 is 7.28. The minimum absolute atomic E-state index is 0.334. The molecular weight excluding hydrogens is 386 g/mol. The highest BCUT2D eigenvalue weighted by Gasteiger charge is 2.40. The van der Waals surface area contributed by atoms with Gasteiger partial charge >= 0.3 is 0 Å². The number of methoxy groups -OCH3 is 2. The lowest BCUT2D eigenvalue weighted by atomic mass is 10.1. The van der Waals surface area contributed by atoms with Crippen molar-refractivity contribution in [3.63, 3.8) is 0 Å². The fourth-order valence-corrected chi connectivity index (χ4v) is 3.84. The zero-order chi connectivity index (χ0) is 19.6. The maximum Gasteiger partial charge on any atom is 0.272 e. The number of hydrogen-bond acceptors (Lipinski definition) is 5. The van der Waals surface area contributed by atoms with Gasteiger partial charge in [0, 0.05) is 5.02 Å². The van der Waals surface area contributed by atoms with Crippen molar-refractivity contribution in [1.29, 1.82) is 0 Å². The normalized spacial score (nSPS) is 14.1. The average molecular weight is 404 g/mol. The molecule has 1 aliphatic rings. The summed E-state index contributed by atoms with van der Waals surface area (Å²) < 4.78 is 10.6. The number of imide groups is 1. The SMILES string of the molecule is CCSC1=C(c2ccc(OC)c(OC)c2)C(=O)N(c2ccc(Cl)cc2)C1=O. The monoisotopic (exact) mass is 403 g/mol. The van der Waals surface area contributed by atoms with E-state index in [-0.39, 0.29) is 11.8 Å². The number of carbonyl (C=O) groups is 2. The van der Waals surface area contributed by atoms with Gasteiger partial charge in [0.1, 0.15) is 0 Å². The van der Waals surface area contributed by atoms with E-state index >= 15 is 0 Å². The lowest BCUT2D eigenvalue weighted by Crippen LogP contribution is -2.31. The molecule has 0 saturated carbocycles. The van der Waals surface area contributed by atoms with Crippen molar-refractivity contribution in [2.75, 3.05) is 24.9 Å². The van der Waals surface area contributed by atoms with Gasteiger partial charge in [-0.2, -0.15) is 0 Å². The van der Waals surface area contributed by atoms with E-state index < -0.39 is 0 Å². The van der Waals surface area contributed by atoms with Gasteiger partial charge in [-0.25, -0.2) is 4.90 Å². The van der Waals surface area contributed by atoms with Gasteiger partial charge in [-0.05, 0) is 47.7 Å². The molecule has 0 fully saturated rings. The molecule has 5 nitrogen and oxygen atoms in total. The number of rotatable bonds is 6. The zero-order valence-electron chi connectivity index (χ0n) is 15.1. The predicted molar refractivity (Wildman–Crippen MR) is 109 cm³/mol. The second-order valence-corrected chi connectivity index (χ2v) is 7.34. The number of benzene rings is 2. The van der Waals surface area contributed by atoms with Crippen LogP contribution in [0.25, 0.3) is 5.57 Å².